The number of pyridine rings is 1. The van der Waals surface area contributed by atoms with Gasteiger partial charge in [-0.25, -0.2) is 4.98 Å². The summed E-state index contributed by atoms with van der Waals surface area (Å²) in [5.41, 5.74) is 1.51. The summed E-state index contributed by atoms with van der Waals surface area (Å²) >= 11 is 4.82. The number of hydrogen-bond donors (Lipinski definition) is 1. The van der Waals surface area contributed by atoms with Crippen molar-refractivity contribution >= 4 is 33.2 Å². The van der Waals surface area contributed by atoms with Gasteiger partial charge in [-0.05, 0) is 28.9 Å². The molecule has 6 heteroatoms. The maximum Gasteiger partial charge on any atom is 0.253 e. The van der Waals surface area contributed by atoms with E-state index < -0.39 is 0 Å². The van der Waals surface area contributed by atoms with Gasteiger partial charge < -0.3 is 5.32 Å². The van der Waals surface area contributed by atoms with Gasteiger partial charge >= 0.3 is 0 Å². The summed E-state index contributed by atoms with van der Waals surface area (Å²) in [7, 11) is 0. The van der Waals surface area contributed by atoms with Crippen molar-refractivity contribution < 1.29 is 4.79 Å². The van der Waals surface area contributed by atoms with Gasteiger partial charge in [0.2, 0.25) is 0 Å². The fourth-order valence-electron chi connectivity index (χ4n) is 1.28. The van der Waals surface area contributed by atoms with Crippen LogP contribution in [0.15, 0.2) is 28.3 Å². The van der Waals surface area contributed by atoms with Gasteiger partial charge in [-0.3, -0.25) is 9.78 Å². The molecule has 0 aliphatic rings. The van der Waals surface area contributed by atoms with E-state index in [2.05, 4.69) is 31.2 Å². The van der Waals surface area contributed by atoms with E-state index in [4.69, 9.17) is 0 Å². The van der Waals surface area contributed by atoms with Crippen LogP contribution in [0.5, 0.6) is 0 Å². The van der Waals surface area contributed by atoms with Crippen molar-refractivity contribution in [2.45, 2.75) is 13.5 Å². The lowest BCUT2D eigenvalue weighted by molar-refractivity contribution is 0.0950. The summed E-state index contributed by atoms with van der Waals surface area (Å²) in [6.45, 7) is 2.38. The quantitative estimate of drug-likeness (QED) is 0.947. The molecule has 2 aromatic rings. The normalized spacial score (nSPS) is 10.2. The predicted molar refractivity (Wildman–Crippen MR) is 70.0 cm³/mol. The first-order chi connectivity index (χ1) is 8.15. The highest BCUT2D eigenvalue weighted by molar-refractivity contribution is 9.10. The third kappa shape index (κ3) is 3.34. The minimum Gasteiger partial charge on any atom is -0.345 e. The zero-order valence-corrected chi connectivity index (χ0v) is 11.5. The Bertz CT molecular complexity index is 541. The largest absolute Gasteiger partial charge is 0.345 e. The molecule has 0 saturated carbocycles. The van der Waals surface area contributed by atoms with Gasteiger partial charge in [-0.1, -0.05) is 0 Å². The summed E-state index contributed by atoms with van der Waals surface area (Å²) in [6.07, 6.45) is 3.17. The van der Waals surface area contributed by atoms with Crippen LogP contribution >= 0.6 is 27.3 Å². The minimum atomic E-state index is -0.147. The molecule has 2 heterocycles. The van der Waals surface area contributed by atoms with Gasteiger partial charge in [0.15, 0.2) is 0 Å². The third-order valence-corrected chi connectivity index (χ3v) is 3.43. The molecule has 1 N–H and O–H groups in total. The van der Waals surface area contributed by atoms with E-state index in [-0.39, 0.29) is 5.91 Å². The number of hydrogen-bond acceptors (Lipinski definition) is 4. The summed E-state index contributed by atoms with van der Waals surface area (Å²) in [5, 5.41) is 5.67. The van der Waals surface area contributed by atoms with Gasteiger partial charge in [0.1, 0.15) is 5.01 Å². The van der Waals surface area contributed by atoms with E-state index in [9.17, 15) is 4.79 Å². The molecule has 0 aromatic carbocycles. The molecule has 4 nitrogen and oxygen atoms in total. The van der Waals surface area contributed by atoms with E-state index in [0.29, 0.717) is 12.1 Å². The second-order valence-electron chi connectivity index (χ2n) is 3.46. The van der Waals surface area contributed by atoms with Crippen LogP contribution in [0.1, 0.15) is 21.1 Å². The van der Waals surface area contributed by atoms with Crippen LogP contribution in [0.2, 0.25) is 0 Å². The first-order valence-corrected chi connectivity index (χ1v) is 6.62. The molecule has 0 aliphatic carbocycles. The number of aromatic nitrogens is 2. The van der Waals surface area contributed by atoms with Gasteiger partial charge in [-0.15, -0.1) is 11.3 Å². The summed E-state index contributed by atoms with van der Waals surface area (Å²) < 4.78 is 0.787. The Morgan fingerprint density at radius 3 is 3.00 bits per heavy atom. The Morgan fingerprint density at radius 1 is 1.53 bits per heavy atom. The van der Waals surface area contributed by atoms with Gasteiger partial charge in [0, 0.05) is 27.9 Å². The number of carbonyl (C=O) groups excluding carboxylic acids is 1. The first-order valence-electron chi connectivity index (χ1n) is 4.95. The second-order valence-corrected chi connectivity index (χ2v) is 5.32. The Labute approximate surface area is 111 Å². The van der Waals surface area contributed by atoms with Crippen LogP contribution in [-0.4, -0.2) is 15.9 Å². The maximum absolute atomic E-state index is 11.8. The van der Waals surface area contributed by atoms with E-state index >= 15 is 0 Å². The Morgan fingerprint density at radius 2 is 2.35 bits per heavy atom. The molecule has 17 heavy (non-hydrogen) atoms. The molecule has 88 valence electrons. The number of carbonyl (C=O) groups is 1. The lowest BCUT2D eigenvalue weighted by Gasteiger charge is -2.02. The summed E-state index contributed by atoms with van der Waals surface area (Å²) in [5.74, 6) is -0.147. The lowest BCUT2D eigenvalue weighted by Crippen LogP contribution is -2.22. The number of nitrogens with one attached hydrogen (secondary N) is 1. The summed E-state index contributed by atoms with van der Waals surface area (Å²) in [4.78, 5) is 20.0. The smallest absolute Gasteiger partial charge is 0.253 e. The molecule has 0 unspecified atom stereocenters. The van der Waals surface area contributed by atoms with Crippen molar-refractivity contribution in [2.24, 2.45) is 0 Å². The molecule has 0 aliphatic heterocycles. The van der Waals surface area contributed by atoms with Crippen molar-refractivity contribution in [1.82, 2.24) is 15.3 Å². The van der Waals surface area contributed by atoms with Crippen molar-refractivity contribution in [1.29, 1.82) is 0 Å². The van der Waals surface area contributed by atoms with Crippen LogP contribution in [0.3, 0.4) is 0 Å². The minimum absolute atomic E-state index is 0.147. The zero-order chi connectivity index (χ0) is 12.3. The highest BCUT2D eigenvalue weighted by Gasteiger charge is 2.07. The van der Waals surface area contributed by atoms with E-state index in [0.717, 1.165) is 15.2 Å². The Hall–Kier alpha value is -1.27. The molecular formula is C11H10BrN3OS. The second kappa shape index (κ2) is 5.37. The molecule has 0 bridgehead atoms. The zero-order valence-electron chi connectivity index (χ0n) is 9.11. The third-order valence-electron chi connectivity index (χ3n) is 2.03. The molecule has 1 amide bonds. The fourth-order valence-corrected chi connectivity index (χ4v) is 2.35. The topological polar surface area (TPSA) is 54.9 Å². The first kappa shape index (κ1) is 12.2. The van der Waals surface area contributed by atoms with Crippen LogP contribution in [0.25, 0.3) is 0 Å². The fraction of sp³-hybridized carbons (Fsp3) is 0.182. The van der Waals surface area contributed by atoms with Crippen molar-refractivity contribution in [2.75, 3.05) is 0 Å². The van der Waals surface area contributed by atoms with Gasteiger partial charge in [-0.2, -0.15) is 0 Å². The van der Waals surface area contributed by atoms with Gasteiger partial charge in [0.25, 0.3) is 5.91 Å². The molecule has 0 saturated heterocycles. The van der Waals surface area contributed by atoms with Crippen molar-refractivity contribution in [3.05, 3.63) is 44.6 Å². The number of rotatable bonds is 3. The molecule has 0 radical (unpaired) electrons. The highest BCUT2D eigenvalue weighted by Crippen LogP contribution is 2.11. The Kier molecular flexibility index (Phi) is 3.86. The van der Waals surface area contributed by atoms with Crippen LogP contribution in [0.4, 0.5) is 0 Å². The number of halogens is 1. The van der Waals surface area contributed by atoms with Crippen LogP contribution in [-0.2, 0) is 6.54 Å². The average molecular weight is 312 g/mol. The van der Waals surface area contributed by atoms with E-state index in [1.165, 1.54) is 17.5 Å². The van der Waals surface area contributed by atoms with Crippen LogP contribution in [0, 0.1) is 6.92 Å². The van der Waals surface area contributed by atoms with Crippen LogP contribution < -0.4 is 5.32 Å². The predicted octanol–water partition coefficient (Wildman–Crippen LogP) is 2.54. The molecule has 0 spiro atoms. The van der Waals surface area contributed by atoms with E-state index in [1.807, 2.05) is 12.3 Å². The monoisotopic (exact) mass is 311 g/mol. The number of amides is 1. The highest BCUT2D eigenvalue weighted by atomic mass is 79.9. The molecule has 0 atom stereocenters. The van der Waals surface area contributed by atoms with Gasteiger partial charge in [0.05, 0.1) is 12.1 Å². The molecule has 0 fully saturated rings. The lowest BCUT2D eigenvalue weighted by atomic mass is 10.3. The maximum atomic E-state index is 11.8. The number of nitrogens with zero attached hydrogens (tertiary/aromatic N) is 2. The average Bonchev–Trinajstić information content (AvgIpc) is 2.72. The summed E-state index contributed by atoms with van der Waals surface area (Å²) in [6, 6.07) is 1.73. The van der Waals surface area contributed by atoms with Crippen molar-refractivity contribution in [3.63, 3.8) is 0 Å². The SMILES string of the molecule is Cc1csc(CNC(=O)c2cncc(Br)c2)n1. The molecular weight excluding hydrogens is 302 g/mol. The Balaban J connectivity index is 1.98. The molecule has 2 rings (SSSR count). The number of aryl methyl sites for hydroxylation is 1. The standard InChI is InChI=1S/C11H10BrN3OS/c1-7-6-17-10(15-7)5-14-11(16)8-2-9(12)4-13-3-8/h2-4,6H,5H2,1H3,(H,14,16). The van der Waals surface area contributed by atoms with Crippen molar-refractivity contribution in [3.8, 4) is 0 Å². The van der Waals surface area contributed by atoms with E-state index in [1.54, 1.807) is 12.3 Å². The molecule has 2 aromatic heterocycles. The number of thiazole rings is 1.